The molecule has 1 aromatic carbocycles. The number of halogens is 1. The van der Waals surface area contributed by atoms with Gasteiger partial charge in [0, 0.05) is 23.3 Å². The van der Waals surface area contributed by atoms with Crippen LogP contribution >= 0.6 is 22.9 Å². The second-order valence-corrected chi connectivity index (χ2v) is 7.02. The molecule has 0 unspecified atom stereocenters. The van der Waals surface area contributed by atoms with E-state index in [9.17, 15) is 8.42 Å². The van der Waals surface area contributed by atoms with Crippen molar-refractivity contribution >= 4 is 33.0 Å². The third-order valence-electron chi connectivity index (χ3n) is 2.48. The number of hydrogen-bond acceptors (Lipinski definition) is 4. The van der Waals surface area contributed by atoms with E-state index in [0.29, 0.717) is 13.1 Å². The van der Waals surface area contributed by atoms with Gasteiger partial charge >= 0.3 is 0 Å². The van der Waals surface area contributed by atoms with Crippen molar-refractivity contribution in [2.75, 3.05) is 0 Å². The number of rotatable bonds is 5. The summed E-state index contributed by atoms with van der Waals surface area (Å²) >= 11 is 7.41. The first-order chi connectivity index (χ1) is 8.95. The maximum Gasteiger partial charge on any atom is 0.238 e. The first-order valence-corrected chi connectivity index (χ1v) is 8.31. The summed E-state index contributed by atoms with van der Waals surface area (Å²) in [6.45, 7) is 1.26. The number of hydrogen-bond donors (Lipinski definition) is 2. The third-order valence-corrected chi connectivity index (χ3v) is 4.67. The molecule has 0 bridgehead atoms. The molecule has 0 saturated heterocycles. The Hall–Kier alpha value is -0.920. The van der Waals surface area contributed by atoms with Gasteiger partial charge in [-0.3, -0.25) is 0 Å². The van der Waals surface area contributed by atoms with E-state index in [1.54, 1.807) is 23.5 Å². The molecular formula is C12H13ClN2O2S2. The van der Waals surface area contributed by atoms with Gasteiger partial charge in [-0.05, 0) is 23.8 Å². The van der Waals surface area contributed by atoms with Gasteiger partial charge in [0.2, 0.25) is 10.0 Å². The number of sulfonamides is 1. The summed E-state index contributed by atoms with van der Waals surface area (Å²) < 4.78 is 22.5. The second kappa shape index (κ2) is 6.02. The lowest BCUT2D eigenvalue weighted by Gasteiger charge is -2.05. The molecule has 2 rings (SSSR count). The van der Waals surface area contributed by atoms with Gasteiger partial charge in [-0.25, -0.2) is 13.6 Å². The van der Waals surface area contributed by atoms with Crippen LogP contribution < -0.4 is 10.5 Å². The molecule has 3 N–H and O–H groups in total. The molecule has 0 radical (unpaired) electrons. The molecule has 0 spiro atoms. The highest BCUT2D eigenvalue weighted by Crippen LogP contribution is 2.18. The summed E-state index contributed by atoms with van der Waals surface area (Å²) in [5, 5.41) is 10.9. The summed E-state index contributed by atoms with van der Waals surface area (Å²) in [5.74, 6) is 0. The van der Waals surface area contributed by atoms with Gasteiger partial charge in [-0.15, -0.1) is 11.3 Å². The van der Waals surface area contributed by atoms with E-state index >= 15 is 0 Å². The zero-order valence-electron chi connectivity index (χ0n) is 9.97. The second-order valence-electron chi connectivity index (χ2n) is 4.03. The van der Waals surface area contributed by atoms with Crippen LogP contribution in [0.5, 0.6) is 0 Å². The van der Waals surface area contributed by atoms with Gasteiger partial charge in [0.1, 0.15) is 0 Å². The van der Waals surface area contributed by atoms with Crippen molar-refractivity contribution in [2.45, 2.75) is 18.0 Å². The van der Waals surface area contributed by atoms with E-state index in [4.69, 9.17) is 16.7 Å². The third kappa shape index (κ3) is 4.29. The average molecular weight is 317 g/mol. The molecule has 1 aromatic heterocycles. The van der Waals surface area contributed by atoms with Gasteiger partial charge in [-0.2, -0.15) is 0 Å². The van der Waals surface area contributed by atoms with E-state index < -0.39 is 10.0 Å². The van der Waals surface area contributed by atoms with Gasteiger partial charge < -0.3 is 5.32 Å². The van der Waals surface area contributed by atoms with Crippen LogP contribution in [0.25, 0.3) is 0 Å². The summed E-state index contributed by atoms with van der Waals surface area (Å²) in [7, 11) is -3.64. The Balaban J connectivity index is 1.96. The Morgan fingerprint density at radius 3 is 2.68 bits per heavy atom. The zero-order valence-corrected chi connectivity index (χ0v) is 12.4. The predicted molar refractivity (Wildman–Crippen MR) is 77.7 cm³/mol. The summed E-state index contributed by atoms with van der Waals surface area (Å²) in [5.41, 5.74) is 0.870. The number of nitrogens with two attached hydrogens (primary N) is 1. The minimum atomic E-state index is -3.64. The van der Waals surface area contributed by atoms with E-state index in [1.807, 2.05) is 17.5 Å². The first-order valence-electron chi connectivity index (χ1n) is 5.50. The maximum absolute atomic E-state index is 11.2. The number of primary sulfonamides is 1. The highest BCUT2D eigenvalue weighted by molar-refractivity contribution is 7.89. The van der Waals surface area contributed by atoms with Gasteiger partial charge in [-0.1, -0.05) is 23.7 Å². The van der Waals surface area contributed by atoms with Crippen LogP contribution in [0, 0.1) is 0 Å². The van der Waals surface area contributed by atoms with Crippen LogP contribution in [0.3, 0.4) is 0 Å². The summed E-state index contributed by atoms with van der Waals surface area (Å²) in [6.07, 6.45) is 0. The smallest absolute Gasteiger partial charge is 0.238 e. The summed E-state index contributed by atoms with van der Waals surface area (Å²) in [4.78, 5) is 1.26. The van der Waals surface area contributed by atoms with E-state index in [1.165, 1.54) is 6.07 Å². The average Bonchev–Trinajstić information content (AvgIpc) is 2.74. The minimum absolute atomic E-state index is 0.131. The molecule has 0 aliphatic carbocycles. The largest absolute Gasteiger partial charge is 0.308 e. The van der Waals surface area contributed by atoms with Crippen molar-refractivity contribution in [2.24, 2.45) is 5.14 Å². The first kappa shape index (κ1) is 14.5. The van der Waals surface area contributed by atoms with Crippen LogP contribution in [0.2, 0.25) is 5.02 Å². The van der Waals surface area contributed by atoms with Crippen LogP contribution in [-0.2, 0) is 23.1 Å². The maximum atomic E-state index is 11.2. The van der Waals surface area contributed by atoms with Crippen LogP contribution in [-0.4, -0.2) is 8.42 Å². The Labute approximate surface area is 121 Å². The highest BCUT2D eigenvalue weighted by atomic mass is 35.5. The van der Waals surface area contributed by atoms with Crippen molar-refractivity contribution in [3.8, 4) is 0 Å². The molecule has 0 aliphatic rings. The monoisotopic (exact) mass is 316 g/mol. The fourth-order valence-corrected chi connectivity index (χ4v) is 3.24. The molecule has 2 aromatic rings. The topological polar surface area (TPSA) is 72.2 Å². The lowest BCUT2D eigenvalue weighted by molar-refractivity contribution is 0.597. The standard InChI is InChI=1S/C12H13ClN2O2S2/c13-10-5-11(18-8-10)7-15-6-9-2-1-3-12(4-9)19(14,16)17/h1-5,8,15H,6-7H2,(H2,14,16,17). The van der Waals surface area contributed by atoms with Gasteiger partial charge in [0.05, 0.1) is 9.92 Å². The molecule has 0 aliphatic heterocycles. The van der Waals surface area contributed by atoms with Crippen molar-refractivity contribution in [1.29, 1.82) is 0 Å². The van der Waals surface area contributed by atoms with E-state index in [-0.39, 0.29) is 4.90 Å². The lowest BCUT2D eigenvalue weighted by Crippen LogP contribution is -2.14. The Kier molecular flexibility index (Phi) is 4.59. The molecule has 0 fully saturated rings. The fraction of sp³-hybridized carbons (Fsp3) is 0.167. The Bertz CT molecular complexity index is 668. The molecule has 1 heterocycles. The number of nitrogens with one attached hydrogen (secondary N) is 1. The van der Waals surface area contributed by atoms with Crippen LogP contribution in [0.1, 0.15) is 10.4 Å². The molecule has 19 heavy (non-hydrogen) atoms. The van der Waals surface area contributed by atoms with Crippen molar-refractivity contribution in [3.05, 3.63) is 51.2 Å². The fourth-order valence-electron chi connectivity index (χ4n) is 1.61. The van der Waals surface area contributed by atoms with Gasteiger partial charge in [0.25, 0.3) is 0 Å². The van der Waals surface area contributed by atoms with Crippen molar-refractivity contribution in [1.82, 2.24) is 5.32 Å². The molecular weight excluding hydrogens is 304 g/mol. The van der Waals surface area contributed by atoms with Crippen molar-refractivity contribution < 1.29 is 8.42 Å². The SMILES string of the molecule is NS(=O)(=O)c1cccc(CNCc2cc(Cl)cs2)c1. The normalized spacial score (nSPS) is 11.7. The van der Waals surface area contributed by atoms with E-state index in [2.05, 4.69) is 5.32 Å². The van der Waals surface area contributed by atoms with Gasteiger partial charge in [0.15, 0.2) is 0 Å². The molecule has 7 heteroatoms. The predicted octanol–water partition coefficient (Wildman–Crippen LogP) is 2.34. The van der Waals surface area contributed by atoms with Crippen LogP contribution in [0.4, 0.5) is 0 Å². The number of benzene rings is 1. The van der Waals surface area contributed by atoms with Crippen LogP contribution in [0.15, 0.2) is 40.6 Å². The highest BCUT2D eigenvalue weighted by Gasteiger charge is 2.07. The number of thiophene rings is 1. The molecule has 102 valence electrons. The lowest BCUT2D eigenvalue weighted by atomic mass is 10.2. The molecule has 0 amide bonds. The zero-order chi connectivity index (χ0) is 13.9. The van der Waals surface area contributed by atoms with Crippen molar-refractivity contribution in [3.63, 3.8) is 0 Å². The molecule has 0 atom stereocenters. The summed E-state index contributed by atoms with van der Waals surface area (Å²) in [6, 6.07) is 8.49. The Morgan fingerprint density at radius 1 is 1.26 bits per heavy atom. The quantitative estimate of drug-likeness (QED) is 0.889. The molecule has 0 saturated carbocycles. The Morgan fingerprint density at radius 2 is 2.05 bits per heavy atom. The molecule has 4 nitrogen and oxygen atoms in total. The van der Waals surface area contributed by atoms with E-state index in [0.717, 1.165) is 15.5 Å². The minimum Gasteiger partial charge on any atom is -0.308 e.